The Kier molecular flexibility index (Phi) is 6.97. The first-order valence-electron chi connectivity index (χ1n) is 10.9. The Bertz CT molecular complexity index is 1360. The number of aryl methyl sites for hydroxylation is 3. The van der Waals surface area contributed by atoms with E-state index < -0.39 is 9.84 Å². The predicted octanol–water partition coefficient (Wildman–Crippen LogP) is 3.08. The minimum atomic E-state index is -3.06. The molecular formula is C23H27N3O4S3. The van der Waals surface area contributed by atoms with Gasteiger partial charge in [-0.1, -0.05) is 48.5 Å². The van der Waals surface area contributed by atoms with Gasteiger partial charge >= 0.3 is 0 Å². The molecule has 0 saturated carbocycles. The molecule has 0 unspecified atom stereocenters. The highest BCUT2D eigenvalue weighted by molar-refractivity contribution is 7.99. The minimum Gasteiger partial charge on any atom is -0.352 e. The minimum absolute atomic E-state index is 0.0139. The lowest BCUT2D eigenvalue weighted by Crippen LogP contribution is -2.36. The first kappa shape index (κ1) is 24.0. The van der Waals surface area contributed by atoms with Crippen molar-refractivity contribution < 1.29 is 13.2 Å². The molecule has 10 heteroatoms. The molecule has 1 atom stereocenters. The number of thioether (sulfide) groups is 1. The van der Waals surface area contributed by atoms with Crippen LogP contribution < -0.4 is 10.9 Å². The molecule has 0 spiro atoms. The van der Waals surface area contributed by atoms with Crippen LogP contribution in [0.1, 0.15) is 34.9 Å². The Morgan fingerprint density at radius 2 is 2.00 bits per heavy atom. The van der Waals surface area contributed by atoms with Crippen LogP contribution in [0.3, 0.4) is 0 Å². The van der Waals surface area contributed by atoms with Crippen molar-refractivity contribution in [3.8, 4) is 0 Å². The van der Waals surface area contributed by atoms with Crippen molar-refractivity contribution in [2.24, 2.45) is 0 Å². The van der Waals surface area contributed by atoms with E-state index in [1.165, 1.54) is 23.1 Å². The normalized spacial score (nSPS) is 17.5. The third kappa shape index (κ3) is 5.33. The summed E-state index contributed by atoms with van der Waals surface area (Å²) >= 11 is 2.73. The zero-order valence-electron chi connectivity index (χ0n) is 18.9. The van der Waals surface area contributed by atoms with Gasteiger partial charge in [-0.25, -0.2) is 13.4 Å². The van der Waals surface area contributed by atoms with Crippen molar-refractivity contribution in [1.29, 1.82) is 0 Å². The number of carbonyl (C=O) groups excluding carboxylic acids is 1. The largest absolute Gasteiger partial charge is 0.352 e. The summed E-state index contributed by atoms with van der Waals surface area (Å²) in [5, 5.41) is 3.94. The van der Waals surface area contributed by atoms with E-state index in [9.17, 15) is 18.0 Å². The molecule has 0 radical (unpaired) electrons. The second-order valence-electron chi connectivity index (χ2n) is 8.41. The Balaban J connectivity index is 1.63. The van der Waals surface area contributed by atoms with Gasteiger partial charge in [0, 0.05) is 10.9 Å². The lowest BCUT2D eigenvalue weighted by Gasteiger charge is -2.14. The second kappa shape index (κ2) is 9.60. The fraction of sp³-hybridized carbons (Fsp3) is 0.435. The Morgan fingerprint density at radius 1 is 1.27 bits per heavy atom. The number of aromatic nitrogens is 2. The lowest BCUT2D eigenvalue weighted by atomic mass is 10.1. The van der Waals surface area contributed by atoms with Gasteiger partial charge in [-0.2, -0.15) is 0 Å². The summed E-state index contributed by atoms with van der Waals surface area (Å²) < 4.78 is 25.0. The standard InChI is InChI=1S/C23H27N3O4S3/c1-4-18-15(3)20-21(32-18)25-23(26(22(20)28)11-16-7-5-14(2)6-8-16)31-12-19(27)24-17-9-10-33(29,30)13-17/h5-8,17H,4,9-13H2,1-3H3,(H,24,27)/t17-/m1/s1. The van der Waals surface area contributed by atoms with Crippen molar-refractivity contribution in [3.05, 3.63) is 56.2 Å². The van der Waals surface area contributed by atoms with E-state index >= 15 is 0 Å². The van der Waals surface area contributed by atoms with Gasteiger partial charge < -0.3 is 5.32 Å². The number of hydrogen-bond donors (Lipinski definition) is 1. The number of fused-ring (bicyclic) bond motifs is 1. The predicted molar refractivity (Wildman–Crippen MR) is 134 cm³/mol. The molecule has 1 aliphatic heterocycles. The first-order chi connectivity index (χ1) is 15.7. The molecule has 2 aromatic heterocycles. The topological polar surface area (TPSA) is 98.1 Å². The van der Waals surface area contributed by atoms with E-state index in [0.29, 0.717) is 28.3 Å². The molecule has 1 N–H and O–H groups in total. The Hall–Kier alpha value is -2.17. The van der Waals surface area contributed by atoms with Crippen LogP contribution in [0.25, 0.3) is 10.2 Å². The maximum absolute atomic E-state index is 13.5. The third-order valence-corrected chi connectivity index (χ3v) is 9.90. The molecule has 1 aliphatic rings. The summed E-state index contributed by atoms with van der Waals surface area (Å²) in [7, 11) is -3.06. The number of nitrogens with zero attached hydrogens (tertiary/aromatic N) is 2. The van der Waals surface area contributed by atoms with E-state index in [4.69, 9.17) is 4.98 Å². The highest BCUT2D eigenvalue weighted by Gasteiger charge is 2.29. The zero-order chi connectivity index (χ0) is 23.8. The number of rotatable bonds is 7. The molecule has 0 aliphatic carbocycles. The van der Waals surface area contributed by atoms with E-state index in [0.717, 1.165) is 28.0 Å². The Morgan fingerprint density at radius 3 is 2.64 bits per heavy atom. The first-order valence-corrected chi connectivity index (χ1v) is 14.5. The summed E-state index contributed by atoms with van der Waals surface area (Å²) in [5.41, 5.74) is 3.00. The average molecular weight is 506 g/mol. The van der Waals surface area contributed by atoms with Crippen LogP contribution in [0.15, 0.2) is 34.2 Å². The van der Waals surface area contributed by atoms with E-state index in [1.807, 2.05) is 38.1 Å². The molecule has 7 nitrogen and oxygen atoms in total. The zero-order valence-corrected chi connectivity index (χ0v) is 21.3. The van der Waals surface area contributed by atoms with Crippen LogP contribution in [-0.2, 0) is 27.6 Å². The van der Waals surface area contributed by atoms with E-state index in [2.05, 4.69) is 12.2 Å². The van der Waals surface area contributed by atoms with Gasteiger partial charge in [0.2, 0.25) is 5.91 Å². The van der Waals surface area contributed by atoms with Crippen LogP contribution in [0.5, 0.6) is 0 Å². The highest BCUT2D eigenvalue weighted by atomic mass is 32.2. The smallest absolute Gasteiger partial charge is 0.263 e. The van der Waals surface area contributed by atoms with Crippen molar-refractivity contribution >= 4 is 49.1 Å². The van der Waals surface area contributed by atoms with Gasteiger partial charge in [-0.05, 0) is 37.8 Å². The molecule has 4 rings (SSSR count). The molecule has 1 fully saturated rings. The fourth-order valence-electron chi connectivity index (χ4n) is 4.02. The van der Waals surface area contributed by atoms with Crippen LogP contribution >= 0.6 is 23.1 Å². The van der Waals surface area contributed by atoms with Crippen LogP contribution in [0.4, 0.5) is 0 Å². The maximum Gasteiger partial charge on any atom is 0.263 e. The molecular weight excluding hydrogens is 478 g/mol. The van der Waals surface area contributed by atoms with Crippen molar-refractivity contribution in [1.82, 2.24) is 14.9 Å². The monoisotopic (exact) mass is 505 g/mol. The number of nitrogens with one attached hydrogen (secondary N) is 1. The molecule has 1 aromatic carbocycles. The lowest BCUT2D eigenvalue weighted by molar-refractivity contribution is -0.119. The van der Waals surface area contributed by atoms with Crippen LogP contribution in [-0.4, -0.2) is 47.2 Å². The maximum atomic E-state index is 13.5. The SMILES string of the molecule is CCc1sc2nc(SCC(=O)N[C@@H]3CCS(=O)(=O)C3)n(Cc3ccc(C)cc3)c(=O)c2c1C. The second-order valence-corrected chi connectivity index (χ2v) is 12.7. The highest BCUT2D eigenvalue weighted by Crippen LogP contribution is 2.29. The van der Waals surface area contributed by atoms with Crippen molar-refractivity contribution in [3.63, 3.8) is 0 Å². The van der Waals surface area contributed by atoms with E-state index in [1.54, 1.807) is 4.57 Å². The quantitative estimate of drug-likeness (QED) is 0.391. The van der Waals surface area contributed by atoms with Gasteiger partial charge in [-0.3, -0.25) is 14.2 Å². The molecule has 0 bridgehead atoms. The summed E-state index contributed by atoms with van der Waals surface area (Å²) in [6.07, 6.45) is 1.27. The summed E-state index contributed by atoms with van der Waals surface area (Å²) in [5.74, 6) is -0.0976. The number of thiophene rings is 1. The van der Waals surface area contributed by atoms with Crippen molar-refractivity contribution in [2.75, 3.05) is 17.3 Å². The van der Waals surface area contributed by atoms with Gasteiger partial charge in [0.15, 0.2) is 15.0 Å². The molecule has 3 heterocycles. The Labute approximate surface area is 201 Å². The van der Waals surface area contributed by atoms with Gasteiger partial charge in [0.25, 0.3) is 5.56 Å². The molecule has 1 amide bonds. The average Bonchev–Trinajstić information content (AvgIpc) is 3.28. The number of hydrogen-bond acceptors (Lipinski definition) is 7. The van der Waals surface area contributed by atoms with Crippen LogP contribution in [0.2, 0.25) is 0 Å². The molecule has 33 heavy (non-hydrogen) atoms. The number of benzene rings is 1. The number of sulfone groups is 1. The van der Waals surface area contributed by atoms with Gasteiger partial charge in [0.05, 0.1) is 29.2 Å². The van der Waals surface area contributed by atoms with Crippen LogP contribution in [0, 0.1) is 13.8 Å². The molecule has 3 aromatic rings. The van der Waals surface area contributed by atoms with E-state index in [-0.39, 0.29) is 34.8 Å². The number of amides is 1. The molecule has 176 valence electrons. The van der Waals surface area contributed by atoms with Crippen molar-refractivity contribution in [2.45, 2.75) is 51.4 Å². The van der Waals surface area contributed by atoms with Gasteiger partial charge in [-0.15, -0.1) is 11.3 Å². The summed E-state index contributed by atoms with van der Waals surface area (Å²) in [4.78, 5) is 32.6. The van der Waals surface area contributed by atoms with Gasteiger partial charge in [0.1, 0.15) is 4.83 Å². The number of carbonyl (C=O) groups is 1. The molecule has 1 saturated heterocycles. The fourth-order valence-corrected chi connectivity index (χ4v) is 7.66. The summed E-state index contributed by atoms with van der Waals surface area (Å²) in [6.45, 7) is 6.41. The summed E-state index contributed by atoms with van der Waals surface area (Å²) in [6, 6.07) is 7.65. The third-order valence-electron chi connectivity index (χ3n) is 5.83.